The van der Waals surface area contributed by atoms with E-state index < -0.39 is 0 Å². The third kappa shape index (κ3) is 2.77. The molecule has 0 aliphatic heterocycles. The first-order valence-corrected chi connectivity index (χ1v) is 6.72. The molecule has 0 radical (unpaired) electrons. The Morgan fingerprint density at radius 2 is 1.90 bits per heavy atom. The minimum atomic E-state index is 0.616. The molecule has 2 heterocycles. The summed E-state index contributed by atoms with van der Waals surface area (Å²) in [6.07, 6.45) is 2.61. The van der Waals surface area contributed by atoms with Crippen LogP contribution in [0.25, 0.3) is 10.9 Å². The lowest BCUT2D eigenvalue weighted by atomic mass is 10.2. The minimum absolute atomic E-state index is 0.616. The number of fused-ring (bicyclic) bond motifs is 1. The second-order valence-corrected chi connectivity index (χ2v) is 4.70. The van der Waals surface area contributed by atoms with Gasteiger partial charge in [-0.3, -0.25) is 9.97 Å². The van der Waals surface area contributed by atoms with Gasteiger partial charge in [0.2, 0.25) is 0 Å². The predicted molar refractivity (Wildman–Crippen MR) is 79.9 cm³/mol. The summed E-state index contributed by atoms with van der Waals surface area (Å²) in [5.74, 6) is 0.893. The van der Waals surface area contributed by atoms with Gasteiger partial charge in [0.1, 0.15) is 5.75 Å². The van der Waals surface area contributed by atoms with Crippen molar-refractivity contribution in [1.82, 2.24) is 9.97 Å². The standard InChI is InChI=1S/C17H16N2O/c1-13-12-17(15-7-2-3-8-16(15)19-13)20-11-9-14-6-4-5-10-18-14/h2-8,10,12H,9,11H2,1H3. The molecule has 3 heteroatoms. The summed E-state index contributed by atoms with van der Waals surface area (Å²) in [6.45, 7) is 2.60. The summed E-state index contributed by atoms with van der Waals surface area (Å²) in [4.78, 5) is 8.81. The average Bonchev–Trinajstić information content (AvgIpc) is 2.48. The summed E-state index contributed by atoms with van der Waals surface area (Å²) < 4.78 is 5.92. The van der Waals surface area contributed by atoms with Crippen LogP contribution in [0.2, 0.25) is 0 Å². The number of aryl methyl sites for hydroxylation is 1. The largest absolute Gasteiger partial charge is 0.492 e. The molecule has 3 nitrogen and oxygen atoms in total. The highest BCUT2D eigenvalue weighted by atomic mass is 16.5. The first-order valence-electron chi connectivity index (χ1n) is 6.72. The van der Waals surface area contributed by atoms with Crippen molar-refractivity contribution >= 4 is 10.9 Å². The van der Waals surface area contributed by atoms with Gasteiger partial charge in [0, 0.05) is 35.5 Å². The number of hydrogen-bond acceptors (Lipinski definition) is 3. The predicted octanol–water partition coefficient (Wildman–Crippen LogP) is 3.56. The molecule has 0 atom stereocenters. The van der Waals surface area contributed by atoms with Gasteiger partial charge in [-0.1, -0.05) is 18.2 Å². The van der Waals surface area contributed by atoms with Crippen LogP contribution in [0.3, 0.4) is 0 Å². The molecule has 100 valence electrons. The van der Waals surface area contributed by atoms with E-state index in [4.69, 9.17) is 4.74 Å². The lowest BCUT2D eigenvalue weighted by molar-refractivity contribution is 0.324. The fraction of sp³-hybridized carbons (Fsp3) is 0.176. The first kappa shape index (κ1) is 12.6. The number of rotatable bonds is 4. The number of aromatic nitrogens is 2. The van der Waals surface area contributed by atoms with Crippen LogP contribution in [-0.4, -0.2) is 16.6 Å². The molecule has 0 spiro atoms. The highest BCUT2D eigenvalue weighted by Crippen LogP contribution is 2.25. The zero-order valence-electron chi connectivity index (χ0n) is 11.4. The van der Waals surface area contributed by atoms with E-state index in [0.717, 1.165) is 34.5 Å². The zero-order chi connectivity index (χ0) is 13.8. The van der Waals surface area contributed by atoms with Crippen molar-refractivity contribution in [1.29, 1.82) is 0 Å². The second kappa shape index (κ2) is 5.70. The lowest BCUT2D eigenvalue weighted by Gasteiger charge is -2.10. The second-order valence-electron chi connectivity index (χ2n) is 4.70. The topological polar surface area (TPSA) is 35.0 Å². The molecule has 0 aliphatic rings. The molecule has 1 aromatic carbocycles. The van der Waals surface area contributed by atoms with Crippen LogP contribution in [-0.2, 0) is 6.42 Å². The van der Waals surface area contributed by atoms with Gasteiger partial charge in [0.15, 0.2) is 0 Å². The molecule has 0 bridgehead atoms. The number of hydrogen-bond donors (Lipinski definition) is 0. The Hall–Kier alpha value is -2.42. The van der Waals surface area contributed by atoms with Crippen LogP contribution in [0.5, 0.6) is 5.75 Å². The minimum Gasteiger partial charge on any atom is -0.492 e. The van der Waals surface area contributed by atoms with Crippen molar-refractivity contribution in [2.24, 2.45) is 0 Å². The van der Waals surface area contributed by atoms with Gasteiger partial charge >= 0.3 is 0 Å². The fourth-order valence-corrected chi connectivity index (χ4v) is 2.20. The number of para-hydroxylation sites is 1. The molecular weight excluding hydrogens is 248 g/mol. The Morgan fingerprint density at radius 3 is 2.75 bits per heavy atom. The van der Waals surface area contributed by atoms with Gasteiger partial charge in [-0.05, 0) is 31.2 Å². The maximum atomic E-state index is 5.92. The monoisotopic (exact) mass is 264 g/mol. The first-order chi connectivity index (χ1) is 9.83. The van der Waals surface area contributed by atoms with Crippen LogP contribution in [0.15, 0.2) is 54.7 Å². The maximum absolute atomic E-state index is 5.92. The normalized spacial score (nSPS) is 10.7. The van der Waals surface area contributed by atoms with E-state index in [9.17, 15) is 0 Å². The summed E-state index contributed by atoms with van der Waals surface area (Å²) in [6, 6.07) is 16.0. The molecule has 0 aliphatic carbocycles. The number of pyridine rings is 2. The Balaban J connectivity index is 1.77. The fourth-order valence-electron chi connectivity index (χ4n) is 2.20. The number of benzene rings is 1. The third-order valence-electron chi connectivity index (χ3n) is 3.15. The van der Waals surface area contributed by atoms with E-state index in [0.29, 0.717) is 6.61 Å². The van der Waals surface area contributed by atoms with Gasteiger partial charge in [-0.15, -0.1) is 0 Å². The molecule has 0 fully saturated rings. The Labute approximate surface area is 118 Å². The van der Waals surface area contributed by atoms with Crippen LogP contribution >= 0.6 is 0 Å². The maximum Gasteiger partial charge on any atom is 0.130 e. The Kier molecular flexibility index (Phi) is 3.59. The summed E-state index contributed by atoms with van der Waals surface area (Å²) in [7, 11) is 0. The molecule has 3 rings (SSSR count). The van der Waals surface area contributed by atoms with E-state index in [-0.39, 0.29) is 0 Å². The van der Waals surface area contributed by atoms with Crippen molar-refractivity contribution in [3.05, 3.63) is 66.1 Å². The highest BCUT2D eigenvalue weighted by molar-refractivity contribution is 5.85. The summed E-state index contributed by atoms with van der Waals surface area (Å²) in [5.41, 5.74) is 2.99. The Bertz CT molecular complexity index is 711. The van der Waals surface area contributed by atoms with E-state index in [1.165, 1.54) is 0 Å². The lowest BCUT2D eigenvalue weighted by Crippen LogP contribution is -2.03. The molecule has 0 N–H and O–H groups in total. The third-order valence-corrected chi connectivity index (χ3v) is 3.15. The number of nitrogens with zero attached hydrogens (tertiary/aromatic N) is 2. The van der Waals surface area contributed by atoms with E-state index in [2.05, 4.69) is 9.97 Å². The van der Waals surface area contributed by atoms with Crippen LogP contribution in [0, 0.1) is 6.92 Å². The van der Waals surface area contributed by atoms with Gasteiger partial charge < -0.3 is 4.74 Å². The average molecular weight is 264 g/mol. The van der Waals surface area contributed by atoms with Gasteiger partial charge in [0.05, 0.1) is 12.1 Å². The summed E-state index contributed by atoms with van der Waals surface area (Å²) in [5, 5.41) is 1.05. The Morgan fingerprint density at radius 1 is 1.05 bits per heavy atom. The van der Waals surface area contributed by atoms with Crippen LogP contribution < -0.4 is 4.74 Å². The quantitative estimate of drug-likeness (QED) is 0.722. The van der Waals surface area contributed by atoms with Crippen LogP contribution in [0.4, 0.5) is 0 Å². The summed E-state index contributed by atoms with van der Waals surface area (Å²) >= 11 is 0. The van der Waals surface area contributed by atoms with Crippen molar-refractivity contribution in [2.45, 2.75) is 13.3 Å². The molecular formula is C17H16N2O. The van der Waals surface area contributed by atoms with Crippen molar-refractivity contribution in [3.63, 3.8) is 0 Å². The molecule has 2 aromatic heterocycles. The van der Waals surface area contributed by atoms with E-state index >= 15 is 0 Å². The smallest absolute Gasteiger partial charge is 0.130 e. The SMILES string of the molecule is Cc1cc(OCCc2ccccn2)c2ccccc2n1. The van der Waals surface area contributed by atoms with Crippen molar-refractivity contribution in [3.8, 4) is 5.75 Å². The van der Waals surface area contributed by atoms with Crippen molar-refractivity contribution in [2.75, 3.05) is 6.61 Å². The van der Waals surface area contributed by atoms with Gasteiger partial charge in [0.25, 0.3) is 0 Å². The molecule has 0 saturated carbocycles. The molecule has 0 unspecified atom stereocenters. The van der Waals surface area contributed by atoms with E-state index in [1.807, 2.05) is 55.5 Å². The highest BCUT2D eigenvalue weighted by Gasteiger charge is 2.04. The van der Waals surface area contributed by atoms with Crippen LogP contribution in [0.1, 0.15) is 11.4 Å². The number of ether oxygens (including phenoxy) is 1. The van der Waals surface area contributed by atoms with Gasteiger partial charge in [-0.2, -0.15) is 0 Å². The molecule has 0 saturated heterocycles. The molecule has 0 amide bonds. The van der Waals surface area contributed by atoms with Gasteiger partial charge in [-0.25, -0.2) is 0 Å². The van der Waals surface area contributed by atoms with E-state index in [1.54, 1.807) is 6.20 Å². The zero-order valence-corrected chi connectivity index (χ0v) is 11.4. The van der Waals surface area contributed by atoms with Crippen molar-refractivity contribution < 1.29 is 4.74 Å². The molecule has 20 heavy (non-hydrogen) atoms. The molecule has 3 aromatic rings.